The topological polar surface area (TPSA) is 9.23 Å². The molecule has 0 fully saturated rings. The Morgan fingerprint density at radius 3 is 2.87 bits per heavy atom. The highest BCUT2D eigenvalue weighted by Gasteiger charge is 2.04. The first-order valence-corrected chi connectivity index (χ1v) is 6.25. The third-order valence-corrected chi connectivity index (χ3v) is 2.84. The zero-order valence-electron chi connectivity index (χ0n) is 8.89. The van der Waals surface area contributed by atoms with E-state index in [9.17, 15) is 0 Å². The van der Waals surface area contributed by atoms with Gasteiger partial charge >= 0.3 is 0 Å². The van der Waals surface area contributed by atoms with E-state index in [0.717, 1.165) is 28.1 Å². The van der Waals surface area contributed by atoms with E-state index in [-0.39, 0.29) is 0 Å². The first kappa shape index (κ1) is 12.6. The van der Waals surface area contributed by atoms with Crippen LogP contribution in [0.4, 0.5) is 0 Å². The van der Waals surface area contributed by atoms with Crippen LogP contribution in [0, 0.1) is 0 Å². The molecule has 0 spiro atoms. The summed E-state index contributed by atoms with van der Waals surface area (Å²) in [6.45, 7) is 2.07. The van der Waals surface area contributed by atoms with Crippen LogP contribution in [0.2, 0.25) is 5.02 Å². The maximum Gasteiger partial charge on any atom is 0.126 e. The minimum atomic E-state index is 0.734. The number of methoxy groups -OCH3 is 1. The van der Waals surface area contributed by atoms with Gasteiger partial charge in [-0.3, -0.25) is 0 Å². The van der Waals surface area contributed by atoms with E-state index < -0.39 is 0 Å². The van der Waals surface area contributed by atoms with Crippen molar-refractivity contribution in [3.05, 3.63) is 34.9 Å². The summed E-state index contributed by atoms with van der Waals surface area (Å²) in [5.74, 6) is 0.864. The first-order chi connectivity index (χ1) is 7.19. The highest BCUT2D eigenvalue weighted by molar-refractivity contribution is 9.09. The Morgan fingerprint density at radius 1 is 1.53 bits per heavy atom. The number of benzene rings is 1. The van der Waals surface area contributed by atoms with Crippen molar-refractivity contribution in [3.63, 3.8) is 0 Å². The van der Waals surface area contributed by atoms with Crippen molar-refractivity contribution >= 4 is 33.1 Å². The third-order valence-electron chi connectivity index (χ3n) is 2.15. The van der Waals surface area contributed by atoms with Crippen molar-refractivity contribution < 1.29 is 4.74 Å². The summed E-state index contributed by atoms with van der Waals surface area (Å²) in [5, 5.41) is 1.70. The van der Waals surface area contributed by atoms with E-state index in [0.29, 0.717) is 0 Å². The van der Waals surface area contributed by atoms with Gasteiger partial charge in [0.1, 0.15) is 5.75 Å². The SMILES string of the molecule is COc1ccc(Cl)cc1/C(C)=C/CCBr. The fraction of sp³-hybridized carbons (Fsp3) is 0.333. The molecule has 0 radical (unpaired) electrons. The molecule has 0 aliphatic rings. The van der Waals surface area contributed by atoms with Gasteiger partial charge in [0, 0.05) is 15.9 Å². The van der Waals surface area contributed by atoms with Crippen molar-refractivity contribution in [3.8, 4) is 5.75 Å². The molecular formula is C12H14BrClO. The van der Waals surface area contributed by atoms with E-state index in [1.807, 2.05) is 18.2 Å². The lowest BCUT2D eigenvalue weighted by atomic mass is 10.1. The lowest BCUT2D eigenvalue weighted by Crippen LogP contribution is -1.90. The van der Waals surface area contributed by atoms with E-state index in [1.54, 1.807) is 7.11 Å². The summed E-state index contributed by atoms with van der Waals surface area (Å²) >= 11 is 9.36. The zero-order valence-corrected chi connectivity index (χ0v) is 11.2. The number of alkyl halides is 1. The minimum Gasteiger partial charge on any atom is -0.496 e. The second-order valence-electron chi connectivity index (χ2n) is 3.21. The molecule has 0 aromatic heterocycles. The van der Waals surface area contributed by atoms with Crippen molar-refractivity contribution in [2.45, 2.75) is 13.3 Å². The number of rotatable bonds is 4. The Morgan fingerprint density at radius 2 is 2.27 bits per heavy atom. The molecule has 0 saturated heterocycles. The van der Waals surface area contributed by atoms with Crippen LogP contribution in [0.25, 0.3) is 5.57 Å². The van der Waals surface area contributed by atoms with Gasteiger partial charge in [0.25, 0.3) is 0 Å². The molecular weight excluding hydrogens is 275 g/mol. The number of allylic oxidation sites excluding steroid dienone is 2. The summed E-state index contributed by atoms with van der Waals surface area (Å²) in [4.78, 5) is 0. The van der Waals surface area contributed by atoms with Gasteiger partial charge in [-0.1, -0.05) is 33.6 Å². The Balaban J connectivity index is 3.05. The van der Waals surface area contributed by atoms with Crippen LogP contribution in [-0.4, -0.2) is 12.4 Å². The Hall–Kier alpha value is -0.470. The van der Waals surface area contributed by atoms with Crippen molar-refractivity contribution in [1.82, 2.24) is 0 Å². The summed E-state index contributed by atoms with van der Waals surface area (Å²) in [5.41, 5.74) is 2.25. The van der Waals surface area contributed by atoms with E-state index in [2.05, 4.69) is 28.9 Å². The quantitative estimate of drug-likeness (QED) is 0.740. The van der Waals surface area contributed by atoms with E-state index in [4.69, 9.17) is 16.3 Å². The van der Waals surface area contributed by atoms with Gasteiger partial charge in [-0.05, 0) is 37.1 Å². The smallest absolute Gasteiger partial charge is 0.126 e. The Bertz CT molecular complexity index is 361. The number of hydrogen-bond acceptors (Lipinski definition) is 1. The van der Waals surface area contributed by atoms with Crippen molar-refractivity contribution in [2.75, 3.05) is 12.4 Å². The maximum atomic E-state index is 5.96. The Labute approximate surface area is 104 Å². The number of halogens is 2. The molecule has 0 amide bonds. The van der Waals surface area contributed by atoms with Gasteiger partial charge in [0.05, 0.1) is 7.11 Å². The molecule has 1 nitrogen and oxygen atoms in total. The molecule has 0 N–H and O–H groups in total. The molecule has 0 aliphatic heterocycles. The average Bonchev–Trinajstić information content (AvgIpc) is 2.25. The van der Waals surface area contributed by atoms with Crippen LogP contribution in [0.15, 0.2) is 24.3 Å². The predicted molar refractivity (Wildman–Crippen MR) is 70.1 cm³/mol. The number of ether oxygens (including phenoxy) is 1. The number of hydrogen-bond donors (Lipinski definition) is 0. The minimum absolute atomic E-state index is 0.734. The molecule has 0 bridgehead atoms. The van der Waals surface area contributed by atoms with Gasteiger partial charge in [0.2, 0.25) is 0 Å². The highest BCUT2D eigenvalue weighted by atomic mass is 79.9. The normalized spacial score (nSPS) is 11.6. The van der Waals surface area contributed by atoms with E-state index >= 15 is 0 Å². The summed E-state index contributed by atoms with van der Waals surface area (Å²) < 4.78 is 5.29. The molecule has 1 rings (SSSR count). The summed E-state index contributed by atoms with van der Waals surface area (Å²) in [6, 6.07) is 5.66. The van der Waals surface area contributed by atoms with Crippen LogP contribution in [-0.2, 0) is 0 Å². The first-order valence-electron chi connectivity index (χ1n) is 4.75. The lowest BCUT2D eigenvalue weighted by molar-refractivity contribution is 0.413. The molecule has 0 heterocycles. The van der Waals surface area contributed by atoms with Gasteiger partial charge in [-0.25, -0.2) is 0 Å². The molecule has 0 unspecified atom stereocenters. The third kappa shape index (κ3) is 3.54. The van der Waals surface area contributed by atoms with E-state index in [1.165, 1.54) is 5.57 Å². The molecule has 0 saturated carbocycles. The highest BCUT2D eigenvalue weighted by Crippen LogP contribution is 2.28. The molecule has 1 aromatic carbocycles. The second-order valence-corrected chi connectivity index (χ2v) is 4.44. The Kier molecular flexibility index (Phi) is 5.20. The van der Waals surface area contributed by atoms with Crippen LogP contribution in [0.5, 0.6) is 5.75 Å². The van der Waals surface area contributed by atoms with Crippen LogP contribution >= 0.6 is 27.5 Å². The molecule has 0 atom stereocenters. The molecule has 3 heteroatoms. The fourth-order valence-corrected chi connectivity index (χ4v) is 1.77. The molecule has 1 aromatic rings. The average molecular weight is 290 g/mol. The predicted octanol–water partition coefficient (Wildman–Crippen LogP) is 4.54. The molecule has 15 heavy (non-hydrogen) atoms. The van der Waals surface area contributed by atoms with Gasteiger partial charge in [-0.15, -0.1) is 0 Å². The summed E-state index contributed by atoms with van der Waals surface area (Å²) in [7, 11) is 1.67. The van der Waals surface area contributed by atoms with Crippen LogP contribution < -0.4 is 4.74 Å². The van der Waals surface area contributed by atoms with Crippen molar-refractivity contribution in [2.24, 2.45) is 0 Å². The van der Waals surface area contributed by atoms with Crippen LogP contribution in [0.1, 0.15) is 18.9 Å². The molecule has 0 aliphatic carbocycles. The van der Waals surface area contributed by atoms with Crippen LogP contribution in [0.3, 0.4) is 0 Å². The maximum absolute atomic E-state index is 5.96. The summed E-state index contributed by atoms with van der Waals surface area (Å²) in [6.07, 6.45) is 3.17. The molecule has 82 valence electrons. The second kappa shape index (κ2) is 6.19. The van der Waals surface area contributed by atoms with Gasteiger partial charge < -0.3 is 4.74 Å². The van der Waals surface area contributed by atoms with Crippen molar-refractivity contribution in [1.29, 1.82) is 0 Å². The fourth-order valence-electron chi connectivity index (χ4n) is 1.37. The van der Waals surface area contributed by atoms with Gasteiger partial charge in [-0.2, -0.15) is 0 Å². The van der Waals surface area contributed by atoms with Gasteiger partial charge in [0.15, 0.2) is 0 Å². The largest absolute Gasteiger partial charge is 0.496 e. The standard InChI is InChI=1S/C12H14BrClO/c1-9(4-3-7-13)11-8-10(14)5-6-12(11)15-2/h4-6,8H,3,7H2,1-2H3/b9-4+. The monoisotopic (exact) mass is 288 g/mol. The lowest BCUT2D eigenvalue weighted by Gasteiger charge is -2.09. The zero-order chi connectivity index (χ0) is 11.3.